The van der Waals surface area contributed by atoms with Crippen molar-refractivity contribution in [3.8, 4) is 86.0 Å². The van der Waals surface area contributed by atoms with Gasteiger partial charge in [0.2, 0.25) is 31.9 Å². The molecular formula is C108H102N20O6S2. The maximum atomic E-state index is 11.7. The zero-order chi connectivity index (χ0) is 94.8. The van der Waals surface area contributed by atoms with E-state index < -0.39 is 20.0 Å². The van der Waals surface area contributed by atoms with Gasteiger partial charge < -0.3 is 41.7 Å². The van der Waals surface area contributed by atoms with Crippen molar-refractivity contribution in [1.29, 1.82) is 26.3 Å². The molecule has 10 heterocycles. The molecule has 15 aromatic rings. The first-order valence-corrected chi connectivity index (χ1v) is 49.0. The second-order valence-corrected chi connectivity index (χ2v) is 38.9. The molecule has 0 aliphatic carbocycles. The molecule has 136 heavy (non-hydrogen) atoms. The van der Waals surface area contributed by atoms with Crippen molar-refractivity contribution < 1.29 is 26.4 Å². The van der Waals surface area contributed by atoms with Gasteiger partial charge in [-0.15, -0.1) is 0 Å². The highest BCUT2D eigenvalue weighted by atomic mass is 32.2. The molecule has 20 rings (SSSR count). The molecule has 10 aromatic carbocycles. The molecular weight excluding hydrogens is 1740 g/mol. The quantitative estimate of drug-likeness (QED) is 0.0438. The summed E-state index contributed by atoms with van der Waals surface area (Å²) in [6.07, 6.45) is 25.6. The van der Waals surface area contributed by atoms with E-state index in [9.17, 15) is 36.9 Å². The Kier molecular flexibility index (Phi) is 29.6. The van der Waals surface area contributed by atoms with Crippen LogP contribution in [0.4, 0.5) is 28.4 Å². The summed E-state index contributed by atoms with van der Waals surface area (Å²) in [6, 6.07) is 81.0. The van der Waals surface area contributed by atoms with Crippen molar-refractivity contribution in [2.24, 2.45) is 11.8 Å². The highest BCUT2D eigenvalue weighted by Gasteiger charge is 2.34. The second-order valence-electron chi connectivity index (χ2n) is 34.9. The average Bonchev–Trinajstić information content (AvgIpc) is 0.972. The zero-order valence-electron chi connectivity index (χ0n) is 75.9. The molecule has 5 aliphatic rings. The lowest BCUT2D eigenvalue weighted by Crippen LogP contribution is -2.56. The fourth-order valence-corrected chi connectivity index (χ4v) is 19.6. The van der Waals surface area contributed by atoms with Crippen LogP contribution < -0.4 is 31.9 Å². The Hall–Kier alpha value is -15.6. The van der Waals surface area contributed by atoms with Crippen LogP contribution in [-0.4, -0.2) is 181 Å². The van der Waals surface area contributed by atoms with E-state index in [2.05, 4.69) is 142 Å². The Balaban J connectivity index is 0.000000123. The van der Waals surface area contributed by atoms with Gasteiger partial charge in [0, 0.05) is 209 Å². The first-order valence-electron chi connectivity index (χ1n) is 45.3. The molecule has 0 radical (unpaired) electrons. The van der Waals surface area contributed by atoms with Gasteiger partial charge >= 0.3 is 0 Å². The van der Waals surface area contributed by atoms with Crippen LogP contribution in [0.15, 0.2) is 274 Å². The van der Waals surface area contributed by atoms with E-state index in [1.165, 1.54) is 16.8 Å². The van der Waals surface area contributed by atoms with Crippen LogP contribution in [0.1, 0.15) is 73.8 Å². The van der Waals surface area contributed by atoms with Crippen LogP contribution in [0.2, 0.25) is 0 Å². The topological polar surface area (TPSA) is 371 Å². The number of piperidine rings is 2. The minimum Gasteiger partial charge on any atom is -0.384 e. The van der Waals surface area contributed by atoms with Gasteiger partial charge in [-0.3, -0.25) is 34.5 Å². The Morgan fingerprint density at radius 1 is 0.346 bits per heavy atom. The van der Waals surface area contributed by atoms with E-state index in [-0.39, 0.29) is 23.9 Å². The number of hydrogen-bond donors (Lipinski definition) is 6. The molecule has 28 heteroatoms. The van der Waals surface area contributed by atoms with Gasteiger partial charge in [-0.25, -0.2) is 21.1 Å². The summed E-state index contributed by atoms with van der Waals surface area (Å²) in [5.41, 5.74) is 18.6. The summed E-state index contributed by atoms with van der Waals surface area (Å²) < 4.78 is 49.6. The number of carbonyl (C=O) groups is 2. The first kappa shape index (κ1) is 93.6. The lowest BCUT2D eigenvalue weighted by Gasteiger charge is -2.39. The van der Waals surface area contributed by atoms with Gasteiger partial charge in [-0.05, 0) is 285 Å². The number of nitrogens with zero attached hydrogens (tertiary/aromatic N) is 14. The second kappa shape index (κ2) is 43.0. The smallest absolute Gasteiger partial charge is 0.219 e. The molecule has 0 bridgehead atoms. The van der Waals surface area contributed by atoms with Crippen molar-refractivity contribution >= 4 is 114 Å². The fourth-order valence-electron chi connectivity index (χ4n) is 17.8. The first-order chi connectivity index (χ1) is 66.0. The number of likely N-dealkylation sites (tertiary alicyclic amines) is 2. The molecule has 0 saturated carbocycles. The Bertz CT molecular complexity index is 7440. The van der Waals surface area contributed by atoms with E-state index >= 15 is 0 Å². The molecule has 5 aromatic heterocycles. The standard InChI is InChI=1S/C24H24N4O.C23H24N4O2S.C21H18N4O.C20H18N4O2S.C20H18N4/c1-17(29)28-9-6-18(7-10-28)15-27-24-13-22(12-21-5-8-26-16-23(21)24)20-4-2-3-19(11-20)14-25;1-30(28,29)27-9-6-17(7-10-27)15-26-23-13-21(12-20-5-8-25-16-22(20)23)19-4-2-3-18(11-19)14-24;1-14(26)25-12-19(13-25)24-21-9-18(8-17-5-6-23-11-20(17)21)16-4-2-3-15(7-16)10-22;1-27(25,26)24-12-18(13-24)23-20-9-17(8-16-5-6-22-11-19(16)20)15-4-2-3-14(7-15)10-21;21-11-14-2-1-3-15(8-14)17-9-16-4-6-23-13-19(16)20(10-17)24-18-5-7-22-12-18/h2-5,8,11-13,16,18,27H,6-7,9-10,15H2,1H3;2-5,8,11-13,16-17,26H,6-7,9-10,15H2,1H3;2-9,11,19,24H,12-13H2,1H3;2-9,11,18,23H,12-13H2,1H3;1-4,6,8-10,13,18,22,24H,5,7,12H2/t;;;;18-/m....0/s1. The van der Waals surface area contributed by atoms with E-state index in [0.717, 1.165) is 209 Å². The Morgan fingerprint density at radius 2 is 0.632 bits per heavy atom. The minimum absolute atomic E-state index is 0.0591. The molecule has 26 nitrogen and oxygen atoms in total. The maximum absolute atomic E-state index is 11.7. The molecule has 1 atom stereocenters. The molecule has 682 valence electrons. The molecule has 5 saturated heterocycles. The molecule has 5 aliphatic heterocycles. The lowest BCUT2D eigenvalue weighted by molar-refractivity contribution is -0.132. The molecule has 2 amide bonds. The highest BCUT2D eigenvalue weighted by Crippen LogP contribution is 2.39. The summed E-state index contributed by atoms with van der Waals surface area (Å²) in [4.78, 5) is 48.0. The Labute approximate surface area is 792 Å². The number of amides is 2. The molecule has 5 fully saturated rings. The number of pyridine rings is 5. The average molecular weight is 1840 g/mol. The fraction of sp³-hybridized carbons (Fsp3) is 0.241. The normalized spacial score (nSPS) is 15.2. The zero-order valence-corrected chi connectivity index (χ0v) is 77.5. The number of benzene rings is 10. The van der Waals surface area contributed by atoms with Gasteiger partial charge in [-0.2, -0.15) is 30.6 Å². The van der Waals surface area contributed by atoms with Gasteiger partial charge in [0.25, 0.3) is 0 Å². The van der Waals surface area contributed by atoms with Gasteiger partial charge in [0.1, 0.15) is 0 Å². The number of rotatable bonds is 19. The van der Waals surface area contributed by atoms with E-state index in [0.29, 0.717) is 85.0 Å². The third-order valence-corrected chi connectivity index (χ3v) is 28.0. The van der Waals surface area contributed by atoms with Crippen molar-refractivity contribution in [2.75, 3.05) is 118 Å². The number of aromatic nitrogens is 5. The summed E-state index contributed by atoms with van der Waals surface area (Å²) in [7, 11) is -6.25. The predicted octanol–water partition coefficient (Wildman–Crippen LogP) is 18.1. The van der Waals surface area contributed by atoms with Crippen molar-refractivity contribution in [3.05, 3.63) is 302 Å². The van der Waals surface area contributed by atoms with Crippen molar-refractivity contribution in [2.45, 2.75) is 64.1 Å². The number of nitriles is 5. The van der Waals surface area contributed by atoms with Crippen LogP contribution in [0.3, 0.4) is 0 Å². The summed E-state index contributed by atoms with van der Waals surface area (Å²) in [5.74, 6) is 1.24. The van der Waals surface area contributed by atoms with Gasteiger partial charge in [0.15, 0.2) is 0 Å². The van der Waals surface area contributed by atoms with E-state index in [4.69, 9.17) is 15.8 Å². The molecule has 6 N–H and O–H groups in total. The van der Waals surface area contributed by atoms with Crippen molar-refractivity contribution in [3.63, 3.8) is 0 Å². The van der Waals surface area contributed by atoms with Crippen LogP contribution >= 0.6 is 0 Å². The lowest BCUT2D eigenvalue weighted by atomic mass is 9.96. The maximum Gasteiger partial charge on any atom is 0.219 e. The largest absolute Gasteiger partial charge is 0.384 e. The minimum atomic E-state index is -3.14. The van der Waals surface area contributed by atoms with Crippen LogP contribution in [0.5, 0.6) is 0 Å². The third kappa shape index (κ3) is 23.4. The number of carbonyl (C=O) groups excluding carboxylic acids is 2. The van der Waals surface area contributed by atoms with Crippen molar-refractivity contribution in [1.82, 2.24) is 48.6 Å². The number of anilines is 5. The predicted molar refractivity (Wildman–Crippen MR) is 539 cm³/mol. The summed E-state index contributed by atoms with van der Waals surface area (Å²) in [6.45, 7) is 12.1. The third-order valence-electron chi connectivity index (χ3n) is 25.5. The number of sulfonamides is 2. The number of fused-ring (bicyclic) bond motifs is 5. The molecule has 0 spiro atoms. The summed E-state index contributed by atoms with van der Waals surface area (Å²) >= 11 is 0. The Morgan fingerprint density at radius 3 is 0.919 bits per heavy atom. The highest BCUT2D eigenvalue weighted by molar-refractivity contribution is 7.88. The van der Waals surface area contributed by atoms with E-state index in [1.807, 2.05) is 180 Å². The van der Waals surface area contributed by atoms with Crippen LogP contribution in [0, 0.1) is 68.5 Å². The SMILES string of the molecule is CC(=O)N1CC(Nc2cc(-c3cccc(C#N)c3)cc3ccncc23)C1.CC(=O)N1CCC(CNc2cc(-c3cccc(C#N)c3)cc3ccncc23)CC1.CS(=O)(=O)N1CC(Nc2cc(-c3cccc(C#N)c3)cc3ccncc23)C1.CS(=O)(=O)N1CCC(CNc2cc(-c3cccc(C#N)c3)cc3ccncc23)CC1.N#Cc1cccc(-c2cc(N[C@H]3CCNC3)c3cnccc3c2)c1. The number of nitrogens with one attached hydrogen (secondary N) is 6. The molecule has 0 unspecified atom stereocenters. The van der Waals surface area contributed by atoms with Crippen LogP contribution in [0.25, 0.3) is 109 Å². The van der Waals surface area contributed by atoms with E-state index in [1.54, 1.807) is 67.3 Å². The van der Waals surface area contributed by atoms with Crippen LogP contribution in [-0.2, 0) is 29.6 Å². The van der Waals surface area contributed by atoms with Gasteiger partial charge in [0.05, 0.1) is 82.8 Å². The number of hydrogen-bond acceptors (Lipinski definition) is 22. The summed E-state index contributed by atoms with van der Waals surface area (Å²) in [5, 5.41) is 77.9. The van der Waals surface area contributed by atoms with Gasteiger partial charge in [-0.1, -0.05) is 60.7 Å². The monoisotopic (exact) mass is 1840 g/mol.